The molecule has 1 aromatic heterocycles. The van der Waals surface area contributed by atoms with E-state index in [4.69, 9.17) is 16.7 Å². The summed E-state index contributed by atoms with van der Waals surface area (Å²) in [5.74, 6) is -1.17. The lowest BCUT2D eigenvalue weighted by molar-refractivity contribution is 0.0694. The van der Waals surface area contributed by atoms with Gasteiger partial charge in [-0.25, -0.2) is 4.79 Å². The van der Waals surface area contributed by atoms with Crippen molar-refractivity contribution in [3.63, 3.8) is 0 Å². The maximum atomic E-state index is 11.4. The summed E-state index contributed by atoms with van der Waals surface area (Å²) in [7, 11) is 1.47. The van der Waals surface area contributed by atoms with Crippen LogP contribution in [-0.4, -0.2) is 15.6 Å². The Hall–Kier alpha value is -0.810. The molecule has 1 heterocycles. The van der Waals surface area contributed by atoms with E-state index in [0.717, 1.165) is 0 Å². The zero-order valence-electron chi connectivity index (χ0n) is 7.47. The molecular formula is C8H7BrClNO3. The lowest BCUT2D eigenvalue weighted by Crippen LogP contribution is -2.23. The predicted molar refractivity (Wildman–Crippen MR) is 56.1 cm³/mol. The normalized spacial score (nSPS) is 10.3. The zero-order valence-corrected chi connectivity index (χ0v) is 9.81. The quantitative estimate of drug-likeness (QED) is 0.798. The molecule has 0 spiro atoms. The smallest absolute Gasteiger partial charge is 0.339 e. The summed E-state index contributed by atoms with van der Waals surface area (Å²) >= 11 is 8.76. The molecule has 0 aliphatic carbocycles. The fraction of sp³-hybridized carbons (Fsp3) is 0.250. The van der Waals surface area contributed by atoms with Gasteiger partial charge in [0.15, 0.2) is 0 Å². The van der Waals surface area contributed by atoms with Crippen molar-refractivity contribution in [2.45, 2.75) is 6.92 Å². The van der Waals surface area contributed by atoms with Gasteiger partial charge in [0, 0.05) is 12.6 Å². The second kappa shape index (κ2) is 3.74. The number of nitrogens with zero attached hydrogens (tertiary/aromatic N) is 1. The van der Waals surface area contributed by atoms with Crippen molar-refractivity contribution in [2.75, 3.05) is 0 Å². The average Bonchev–Trinajstić information content (AvgIpc) is 2.11. The minimum absolute atomic E-state index is 0.0209. The molecule has 0 bridgehead atoms. The Balaban J connectivity index is 3.78. The van der Waals surface area contributed by atoms with Crippen LogP contribution in [0.4, 0.5) is 0 Å². The molecule has 6 heteroatoms. The van der Waals surface area contributed by atoms with Gasteiger partial charge in [-0.3, -0.25) is 4.79 Å². The number of carbonyl (C=O) groups is 1. The first kappa shape index (κ1) is 11.3. The number of hydrogen-bond donors (Lipinski definition) is 1. The fourth-order valence-electron chi connectivity index (χ4n) is 1.06. The van der Waals surface area contributed by atoms with E-state index in [9.17, 15) is 9.59 Å². The number of aromatic nitrogens is 1. The minimum atomic E-state index is -1.17. The molecule has 0 saturated carbocycles. The van der Waals surface area contributed by atoms with E-state index in [1.165, 1.54) is 18.5 Å². The van der Waals surface area contributed by atoms with Crippen LogP contribution in [0.25, 0.3) is 0 Å². The van der Waals surface area contributed by atoms with Crippen LogP contribution in [0.5, 0.6) is 0 Å². The Morgan fingerprint density at radius 2 is 2.07 bits per heavy atom. The standard InChI is InChI=1S/C8H7BrClNO3/c1-3-5(10)4(8(13)14)6(9)11(2)7(3)12/h1-2H3,(H,13,14). The predicted octanol–water partition coefficient (Wildman–Crippen LogP) is 1.81. The number of halogens is 2. The zero-order chi connectivity index (χ0) is 11.0. The Morgan fingerprint density at radius 3 is 2.50 bits per heavy atom. The monoisotopic (exact) mass is 279 g/mol. The second-order valence-corrected chi connectivity index (χ2v) is 3.90. The van der Waals surface area contributed by atoms with Crippen LogP contribution in [0.3, 0.4) is 0 Å². The number of carboxylic acids is 1. The summed E-state index contributed by atoms with van der Waals surface area (Å²) in [4.78, 5) is 22.3. The van der Waals surface area contributed by atoms with Crippen molar-refractivity contribution < 1.29 is 9.90 Å². The molecule has 0 atom stereocenters. The highest BCUT2D eigenvalue weighted by molar-refractivity contribution is 9.10. The van der Waals surface area contributed by atoms with E-state index in [-0.39, 0.29) is 26.3 Å². The first-order chi connectivity index (χ1) is 6.37. The second-order valence-electron chi connectivity index (χ2n) is 2.77. The molecule has 0 saturated heterocycles. The van der Waals surface area contributed by atoms with E-state index in [1.54, 1.807) is 0 Å². The first-order valence-electron chi connectivity index (χ1n) is 3.65. The largest absolute Gasteiger partial charge is 0.478 e. The van der Waals surface area contributed by atoms with Gasteiger partial charge in [-0.1, -0.05) is 11.6 Å². The lowest BCUT2D eigenvalue weighted by atomic mass is 10.2. The van der Waals surface area contributed by atoms with Gasteiger partial charge in [0.2, 0.25) is 0 Å². The number of rotatable bonds is 1. The highest BCUT2D eigenvalue weighted by Gasteiger charge is 2.19. The third kappa shape index (κ3) is 1.57. The summed E-state index contributed by atoms with van der Waals surface area (Å²) in [6.07, 6.45) is 0. The summed E-state index contributed by atoms with van der Waals surface area (Å²) in [5, 5.41) is 8.84. The van der Waals surface area contributed by atoms with Gasteiger partial charge in [0.25, 0.3) is 5.56 Å². The fourth-order valence-corrected chi connectivity index (χ4v) is 1.96. The molecule has 14 heavy (non-hydrogen) atoms. The van der Waals surface area contributed by atoms with E-state index in [1.807, 2.05) is 0 Å². The molecule has 1 N–H and O–H groups in total. The van der Waals surface area contributed by atoms with Crippen LogP contribution in [0.1, 0.15) is 15.9 Å². The third-order valence-corrected chi connectivity index (χ3v) is 3.29. The molecule has 0 amide bonds. The van der Waals surface area contributed by atoms with Crippen molar-refractivity contribution in [3.8, 4) is 0 Å². The topological polar surface area (TPSA) is 59.3 Å². The molecule has 0 unspecified atom stereocenters. The Morgan fingerprint density at radius 1 is 1.57 bits per heavy atom. The highest BCUT2D eigenvalue weighted by Crippen LogP contribution is 2.24. The first-order valence-corrected chi connectivity index (χ1v) is 4.83. The van der Waals surface area contributed by atoms with Gasteiger partial charge in [-0.2, -0.15) is 0 Å². The van der Waals surface area contributed by atoms with Gasteiger partial charge in [0.05, 0.1) is 5.02 Å². The average molecular weight is 281 g/mol. The SMILES string of the molecule is Cc1c(Cl)c(C(=O)O)c(Br)n(C)c1=O. The Bertz CT molecular complexity index is 434. The van der Waals surface area contributed by atoms with Crippen molar-refractivity contribution in [1.29, 1.82) is 0 Å². The van der Waals surface area contributed by atoms with Gasteiger partial charge in [-0.05, 0) is 22.9 Å². The molecular weight excluding hydrogens is 273 g/mol. The van der Waals surface area contributed by atoms with Crippen molar-refractivity contribution in [2.24, 2.45) is 7.05 Å². The third-order valence-electron chi connectivity index (χ3n) is 1.89. The molecule has 76 valence electrons. The highest BCUT2D eigenvalue weighted by atomic mass is 79.9. The van der Waals surface area contributed by atoms with E-state index >= 15 is 0 Å². The van der Waals surface area contributed by atoms with Gasteiger partial charge < -0.3 is 9.67 Å². The van der Waals surface area contributed by atoms with Crippen LogP contribution >= 0.6 is 27.5 Å². The number of carboxylic acid groups (broad SMARTS) is 1. The maximum Gasteiger partial charge on any atom is 0.339 e. The van der Waals surface area contributed by atoms with Crippen LogP contribution in [0.15, 0.2) is 9.40 Å². The van der Waals surface area contributed by atoms with Crippen LogP contribution in [0, 0.1) is 6.92 Å². The molecule has 1 rings (SSSR count). The summed E-state index contributed by atoms with van der Waals surface area (Å²) in [5.41, 5.74) is -0.173. The molecule has 4 nitrogen and oxygen atoms in total. The summed E-state index contributed by atoms with van der Waals surface area (Å²) in [6, 6.07) is 0. The molecule has 0 aliphatic heterocycles. The van der Waals surface area contributed by atoms with Crippen LogP contribution in [0.2, 0.25) is 5.02 Å². The molecule has 0 aliphatic rings. The Kier molecular flexibility index (Phi) is 3.01. The van der Waals surface area contributed by atoms with Crippen LogP contribution < -0.4 is 5.56 Å². The van der Waals surface area contributed by atoms with E-state index in [2.05, 4.69) is 15.9 Å². The lowest BCUT2D eigenvalue weighted by Gasteiger charge is -2.09. The summed E-state index contributed by atoms with van der Waals surface area (Å²) < 4.78 is 1.37. The molecule has 0 aromatic carbocycles. The molecule has 0 radical (unpaired) electrons. The van der Waals surface area contributed by atoms with Crippen molar-refractivity contribution in [3.05, 3.63) is 31.1 Å². The van der Waals surface area contributed by atoms with Gasteiger partial charge in [0.1, 0.15) is 10.2 Å². The van der Waals surface area contributed by atoms with E-state index in [0.29, 0.717) is 0 Å². The minimum Gasteiger partial charge on any atom is -0.478 e. The van der Waals surface area contributed by atoms with Crippen LogP contribution in [-0.2, 0) is 7.05 Å². The number of aromatic carboxylic acids is 1. The number of hydrogen-bond acceptors (Lipinski definition) is 2. The molecule has 0 fully saturated rings. The van der Waals surface area contributed by atoms with Crippen molar-refractivity contribution in [1.82, 2.24) is 4.57 Å². The van der Waals surface area contributed by atoms with E-state index < -0.39 is 5.97 Å². The summed E-state index contributed by atoms with van der Waals surface area (Å²) in [6.45, 7) is 1.49. The maximum absolute atomic E-state index is 11.4. The van der Waals surface area contributed by atoms with Crippen molar-refractivity contribution >= 4 is 33.5 Å². The number of pyridine rings is 1. The van der Waals surface area contributed by atoms with Gasteiger partial charge >= 0.3 is 5.97 Å². The Labute approximate surface area is 93.2 Å². The molecule has 1 aromatic rings. The van der Waals surface area contributed by atoms with Gasteiger partial charge in [-0.15, -0.1) is 0 Å².